The number of benzene rings is 2. The van der Waals surface area contributed by atoms with Crippen molar-refractivity contribution in [2.45, 2.75) is 0 Å². The fourth-order valence-corrected chi connectivity index (χ4v) is 5.20. The molecule has 0 atom stereocenters. The summed E-state index contributed by atoms with van der Waals surface area (Å²) in [5, 5.41) is 11.0. The summed E-state index contributed by atoms with van der Waals surface area (Å²) < 4.78 is 5.95. The summed E-state index contributed by atoms with van der Waals surface area (Å²) >= 11 is 6.37. The molecule has 0 aliphatic carbocycles. The predicted octanol–water partition coefficient (Wildman–Crippen LogP) is 4.07. The van der Waals surface area contributed by atoms with Gasteiger partial charge in [-0.05, 0) is 24.3 Å². The summed E-state index contributed by atoms with van der Waals surface area (Å²) in [5.41, 5.74) is 3.75. The molecule has 3 heterocycles. The van der Waals surface area contributed by atoms with Crippen molar-refractivity contribution >= 4 is 53.2 Å². The number of para-hydroxylation sites is 1. The number of aromatic nitrogens is 2. The summed E-state index contributed by atoms with van der Waals surface area (Å²) in [6, 6.07) is 13.6. The van der Waals surface area contributed by atoms with E-state index in [0.29, 0.717) is 23.4 Å². The molecule has 2 aliphatic heterocycles. The van der Waals surface area contributed by atoms with Gasteiger partial charge in [0.2, 0.25) is 5.95 Å². The van der Waals surface area contributed by atoms with E-state index in [1.54, 1.807) is 6.20 Å². The number of ether oxygens (including phenoxy) is 1. The Hall–Kier alpha value is -3.06. The van der Waals surface area contributed by atoms with Crippen LogP contribution in [0.4, 0.5) is 28.8 Å². The van der Waals surface area contributed by atoms with Crippen molar-refractivity contribution in [2.75, 3.05) is 48.6 Å². The van der Waals surface area contributed by atoms with Crippen molar-refractivity contribution in [2.24, 2.45) is 0 Å². The van der Waals surface area contributed by atoms with Gasteiger partial charge in [-0.25, -0.2) is 9.88 Å². The molecule has 4 N–H and O–H groups in total. The quantitative estimate of drug-likeness (QED) is 0.403. The molecule has 2 aliphatic rings. The Morgan fingerprint density at radius 2 is 2.03 bits per heavy atom. The van der Waals surface area contributed by atoms with Gasteiger partial charge in [-0.1, -0.05) is 23.7 Å². The van der Waals surface area contributed by atoms with Gasteiger partial charge in [0.15, 0.2) is 13.3 Å². The van der Waals surface area contributed by atoms with E-state index in [9.17, 15) is 4.89 Å². The van der Waals surface area contributed by atoms with Crippen LogP contribution >= 0.6 is 19.1 Å². The van der Waals surface area contributed by atoms with Gasteiger partial charge in [-0.15, -0.1) is 0 Å². The SMILES string of the molecule is C[P+](C)(O)c1ccccc1Nc1nc(Nc2ccc3c(c2)OCC2=CNCCN23)ncc1Cl. The van der Waals surface area contributed by atoms with E-state index >= 15 is 0 Å². The average Bonchev–Trinajstić information content (AvgIpc) is 2.81. The zero-order chi connectivity index (χ0) is 23.0. The lowest BCUT2D eigenvalue weighted by atomic mass is 10.1. The van der Waals surface area contributed by atoms with E-state index in [2.05, 4.69) is 30.8 Å². The van der Waals surface area contributed by atoms with Gasteiger partial charge in [0.25, 0.3) is 0 Å². The molecule has 0 unspecified atom stereocenters. The molecule has 170 valence electrons. The highest BCUT2D eigenvalue weighted by Crippen LogP contribution is 2.47. The number of fused-ring (bicyclic) bond motifs is 3. The van der Waals surface area contributed by atoms with Crippen molar-refractivity contribution < 1.29 is 9.63 Å². The molecular weight excluding hydrogens is 459 g/mol. The number of rotatable bonds is 5. The number of halogens is 1. The second-order valence-electron chi connectivity index (χ2n) is 8.26. The Balaban J connectivity index is 1.39. The van der Waals surface area contributed by atoms with E-state index in [1.807, 2.05) is 62.0 Å². The summed E-state index contributed by atoms with van der Waals surface area (Å²) in [4.78, 5) is 21.8. The molecular formula is C23H25ClN6O2P+. The van der Waals surface area contributed by atoms with Crippen LogP contribution in [0.2, 0.25) is 5.02 Å². The summed E-state index contributed by atoms with van der Waals surface area (Å²) in [6.45, 7) is 6.02. The molecule has 10 heteroatoms. The lowest BCUT2D eigenvalue weighted by Gasteiger charge is -2.36. The first-order chi connectivity index (χ1) is 15.9. The Labute approximate surface area is 198 Å². The van der Waals surface area contributed by atoms with E-state index < -0.39 is 7.49 Å². The minimum absolute atomic E-state index is 0.385. The van der Waals surface area contributed by atoms with Crippen LogP contribution in [0.3, 0.4) is 0 Å². The summed E-state index contributed by atoms with van der Waals surface area (Å²) in [7, 11) is -2.24. The van der Waals surface area contributed by atoms with Gasteiger partial charge in [-0.3, -0.25) is 0 Å². The van der Waals surface area contributed by atoms with Crippen LogP contribution in [0, 0.1) is 0 Å². The molecule has 5 rings (SSSR count). The molecule has 2 aromatic carbocycles. The van der Waals surface area contributed by atoms with Gasteiger partial charge in [0.1, 0.15) is 22.7 Å². The zero-order valence-corrected chi connectivity index (χ0v) is 20.0. The van der Waals surface area contributed by atoms with Gasteiger partial charge in [0.05, 0.1) is 36.6 Å². The van der Waals surface area contributed by atoms with Gasteiger partial charge in [-0.2, -0.15) is 4.98 Å². The number of hydrogen-bond donors (Lipinski definition) is 4. The molecule has 0 saturated carbocycles. The lowest BCUT2D eigenvalue weighted by molar-refractivity contribution is 0.331. The molecule has 3 aromatic rings. The van der Waals surface area contributed by atoms with Crippen molar-refractivity contribution in [1.82, 2.24) is 15.3 Å². The zero-order valence-electron chi connectivity index (χ0n) is 18.3. The third-order valence-electron chi connectivity index (χ3n) is 5.47. The topological polar surface area (TPSA) is 94.6 Å². The summed E-state index contributed by atoms with van der Waals surface area (Å²) in [6.07, 6.45) is 3.56. The van der Waals surface area contributed by atoms with Crippen molar-refractivity contribution in [3.05, 3.63) is 65.6 Å². The molecule has 0 amide bonds. The Bertz CT molecular complexity index is 1230. The molecule has 0 saturated heterocycles. The van der Waals surface area contributed by atoms with Crippen LogP contribution in [0.5, 0.6) is 5.75 Å². The predicted molar refractivity (Wildman–Crippen MR) is 136 cm³/mol. The Morgan fingerprint density at radius 3 is 2.88 bits per heavy atom. The normalized spacial score (nSPS) is 14.9. The number of anilines is 5. The first-order valence-electron chi connectivity index (χ1n) is 10.6. The monoisotopic (exact) mass is 483 g/mol. The Kier molecular flexibility index (Phi) is 5.74. The van der Waals surface area contributed by atoms with Crippen LogP contribution < -0.4 is 30.9 Å². The average molecular weight is 484 g/mol. The highest BCUT2D eigenvalue weighted by atomic mass is 35.5. The third kappa shape index (κ3) is 4.55. The fourth-order valence-electron chi connectivity index (χ4n) is 3.89. The van der Waals surface area contributed by atoms with Crippen LogP contribution in [0.15, 0.2) is 60.6 Å². The molecule has 0 spiro atoms. The third-order valence-corrected chi connectivity index (χ3v) is 7.31. The Morgan fingerprint density at radius 1 is 1.18 bits per heavy atom. The largest absolute Gasteiger partial charge is 0.485 e. The summed E-state index contributed by atoms with van der Waals surface area (Å²) in [5.74, 6) is 1.67. The standard InChI is InChI=1S/C23H25ClN6O2P/c1-33(2,31)21-6-4-3-5-18(21)28-22-17(24)13-26-23(29-22)27-15-7-8-19-20(11-15)32-14-16-12-25-9-10-30(16)19/h3-8,11-13,25,31H,9-10,14H2,1-2H3,(H2,26,27,28,29)/q+1. The van der Waals surface area contributed by atoms with Crippen molar-refractivity contribution in [3.8, 4) is 5.75 Å². The second kappa shape index (κ2) is 8.71. The van der Waals surface area contributed by atoms with Crippen LogP contribution in [0.25, 0.3) is 0 Å². The maximum atomic E-state index is 10.6. The van der Waals surface area contributed by atoms with E-state index in [1.165, 1.54) is 0 Å². The van der Waals surface area contributed by atoms with Crippen molar-refractivity contribution in [3.63, 3.8) is 0 Å². The highest BCUT2D eigenvalue weighted by Gasteiger charge is 2.29. The molecule has 0 bridgehead atoms. The van der Waals surface area contributed by atoms with Gasteiger partial charge in [0, 0.05) is 31.0 Å². The fraction of sp³-hybridized carbons (Fsp3) is 0.217. The van der Waals surface area contributed by atoms with E-state index in [4.69, 9.17) is 16.3 Å². The van der Waals surface area contributed by atoms with Crippen LogP contribution in [-0.4, -0.2) is 47.9 Å². The lowest BCUT2D eigenvalue weighted by Crippen LogP contribution is -2.40. The number of nitrogens with zero attached hydrogens (tertiary/aromatic N) is 3. The van der Waals surface area contributed by atoms with E-state index in [-0.39, 0.29) is 0 Å². The highest BCUT2D eigenvalue weighted by molar-refractivity contribution is 7.76. The smallest absolute Gasteiger partial charge is 0.229 e. The maximum Gasteiger partial charge on any atom is 0.229 e. The molecule has 0 fully saturated rings. The number of hydrogen-bond acceptors (Lipinski definition) is 8. The minimum atomic E-state index is -2.24. The second-order valence-corrected chi connectivity index (χ2v) is 11.9. The first kappa shape index (κ1) is 21.8. The van der Waals surface area contributed by atoms with Crippen LogP contribution in [0.1, 0.15) is 0 Å². The first-order valence-corrected chi connectivity index (χ1v) is 13.6. The minimum Gasteiger partial charge on any atom is -0.485 e. The van der Waals surface area contributed by atoms with Gasteiger partial charge < -0.3 is 25.6 Å². The van der Waals surface area contributed by atoms with Crippen molar-refractivity contribution in [1.29, 1.82) is 0 Å². The molecule has 0 radical (unpaired) electrons. The van der Waals surface area contributed by atoms with Crippen LogP contribution in [-0.2, 0) is 0 Å². The molecule has 33 heavy (non-hydrogen) atoms. The number of nitrogens with one attached hydrogen (secondary N) is 3. The molecule has 8 nitrogen and oxygen atoms in total. The van der Waals surface area contributed by atoms with Gasteiger partial charge >= 0.3 is 0 Å². The van der Waals surface area contributed by atoms with E-state index in [0.717, 1.165) is 46.9 Å². The maximum absolute atomic E-state index is 10.6. The molecule has 1 aromatic heterocycles.